The van der Waals surface area contributed by atoms with Gasteiger partial charge in [-0.25, -0.2) is 4.79 Å². The van der Waals surface area contributed by atoms with Crippen LogP contribution in [-0.2, 0) is 19.2 Å². The van der Waals surface area contributed by atoms with E-state index in [4.69, 9.17) is 17.2 Å². The summed E-state index contributed by atoms with van der Waals surface area (Å²) in [5.74, 6) is -2.44. The van der Waals surface area contributed by atoms with Crippen LogP contribution >= 0.6 is 0 Å². The average molecular weight is 443 g/mol. The molecule has 0 radical (unpaired) electrons. The Kier molecular flexibility index (Phi) is 12.1. The molecule has 0 aliphatic carbocycles. The molecule has 178 valence electrons. The van der Waals surface area contributed by atoms with Gasteiger partial charge in [-0.05, 0) is 65.0 Å². The topological polar surface area (TPSA) is 194 Å². The summed E-state index contributed by atoms with van der Waals surface area (Å²) in [6.07, 6.45) is 4.53. The summed E-state index contributed by atoms with van der Waals surface area (Å²) in [7, 11) is 0. The molecule has 9 N–H and O–H groups in total. The third-order valence-electron chi connectivity index (χ3n) is 5.44. The van der Waals surface area contributed by atoms with Gasteiger partial charge in [-0.3, -0.25) is 14.4 Å². The highest BCUT2D eigenvalue weighted by Crippen LogP contribution is 2.19. The number of carbonyl (C=O) groups is 4. The number of nitrogens with one attached hydrogen (secondary N) is 2. The zero-order valence-electron chi connectivity index (χ0n) is 18.3. The molecule has 0 aromatic rings. The van der Waals surface area contributed by atoms with Crippen molar-refractivity contribution >= 4 is 23.7 Å². The van der Waals surface area contributed by atoms with Crippen molar-refractivity contribution in [1.29, 1.82) is 0 Å². The van der Waals surface area contributed by atoms with Crippen LogP contribution in [0.4, 0.5) is 0 Å². The first-order valence-corrected chi connectivity index (χ1v) is 11.0. The standard InChI is InChI=1S/C20H38N6O5/c1-13(24-17(27)14(23)7-2-4-10-21)19(29)26-12-6-9-16(26)18(28)25-15(20(30)31)8-3-5-11-22/h13-16H,2-12,21-23H2,1H3,(H,24,27)(H,25,28)(H,30,31). The number of nitrogens with two attached hydrogens (primary N) is 3. The van der Waals surface area contributed by atoms with Gasteiger partial charge in [0.05, 0.1) is 6.04 Å². The van der Waals surface area contributed by atoms with E-state index in [0.717, 1.165) is 12.8 Å². The van der Waals surface area contributed by atoms with Crippen LogP contribution in [0.1, 0.15) is 58.3 Å². The van der Waals surface area contributed by atoms with Crippen LogP contribution in [0.15, 0.2) is 0 Å². The van der Waals surface area contributed by atoms with Gasteiger partial charge in [0.25, 0.3) is 0 Å². The van der Waals surface area contributed by atoms with Gasteiger partial charge in [-0.15, -0.1) is 0 Å². The minimum absolute atomic E-state index is 0.271. The first-order chi connectivity index (χ1) is 14.7. The summed E-state index contributed by atoms with van der Waals surface area (Å²) in [5, 5.41) is 14.5. The molecule has 1 rings (SSSR count). The van der Waals surface area contributed by atoms with Gasteiger partial charge in [0.2, 0.25) is 17.7 Å². The Morgan fingerprint density at radius 2 is 1.65 bits per heavy atom. The van der Waals surface area contributed by atoms with Gasteiger partial charge >= 0.3 is 5.97 Å². The highest BCUT2D eigenvalue weighted by atomic mass is 16.4. The Morgan fingerprint density at radius 1 is 1.03 bits per heavy atom. The fourth-order valence-electron chi connectivity index (χ4n) is 3.59. The molecule has 31 heavy (non-hydrogen) atoms. The van der Waals surface area contributed by atoms with Gasteiger partial charge in [0.1, 0.15) is 18.1 Å². The molecule has 0 aromatic carbocycles. The fourth-order valence-corrected chi connectivity index (χ4v) is 3.59. The number of carbonyl (C=O) groups excluding carboxylic acids is 3. The number of carboxylic acid groups (broad SMARTS) is 1. The normalized spacial score (nSPS) is 18.8. The maximum atomic E-state index is 12.9. The molecule has 0 bridgehead atoms. The molecule has 1 aliphatic rings. The minimum atomic E-state index is -1.12. The number of amides is 3. The second-order valence-electron chi connectivity index (χ2n) is 7.99. The zero-order chi connectivity index (χ0) is 23.4. The van der Waals surface area contributed by atoms with E-state index in [1.807, 2.05) is 0 Å². The van der Waals surface area contributed by atoms with Gasteiger partial charge in [-0.1, -0.05) is 6.42 Å². The summed E-state index contributed by atoms with van der Waals surface area (Å²) in [6.45, 7) is 2.89. The lowest BCUT2D eigenvalue weighted by molar-refractivity contribution is -0.145. The lowest BCUT2D eigenvalue weighted by atomic mass is 10.1. The lowest BCUT2D eigenvalue weighted by Gasteiger charge is -2.28. The molecular weight excluding hydrogens is 404 g/mol. The van der Waals surface area contributed by atoms with Crippen LogP contribution in [0.5, 0.6) is 0 Å². The van der Waals surface area contributed by atoms with Crippen LogP contribution in [0, 0.1) is 0 Å². The quantitative estimate of drug-likeness (QED) is 0.177. The summed E-state index contributed by atoms with van der Waals surface area (Å²) < 4.78 is 0. The van der Waals surface area contributed by atoms with E-state index in [1.54, 1.807) is 6.92 Å². The lowest BCUT2D eigenvalue weighted by Crippen LogP contribution is -2.56. The molecule has 1 fully saturated rings. The van der Waals surface area contributed by atoms with Crippen LogP contribution in [0.25, 0.3) is 0 Å². The molecule has 1 saturated heterocycles. The van der Waals surface area contributed by atoms with Crippen molar-refractivity contribution in [2.75, 3.05) is 19.6 Å². The molecular formula is C20H38N6O5. The van der Waals surface area contributed by atoms with Gasteiger partial charge in [-0.2, -0.15) is 0 Å². The van der Waals surface area contributed by atoms with Crippen LogP contribution < -0.4 is 27.8 Å². The Labute approximate surface area is 183 Å². The number of aliphatic carboxylic acids is 1. The van der Waals surface area contributed by atoms with E-state index in [2.05, 4.69) is 10.6 Å². The van der Waals surface area contributed by atoms with Crippen molar-refractivity contribution in [1.82, 2.24) is 15.5 Å². The van der Waals surface area contributed by atoms with Crippen molar-refractivity contribution in [3.05, 3.63) is 0 Å². The summed E-state index contributed by atoms with van der Waals surface area (Å²) in [4.78, 5) is 50.6. The Morgan fingerprint density at radius 3 is 2.23 bits per heavy atom. The first kappa shape index (κ1) is 26.8. The number of nitrogens with zero attached hydrogens (tertiary/aromatic N) is 1. The maximum absolute atomic E-state index is 12.9. The van der Waals surface area contributed by atoms with Crippen molar-refractivity contribution in [3.63, 3.8) is 0 Å². The SMILES string of the molecule is CC(NC(=O)C(N)CCCCN)C(=O)N1CCCC1C(=O)NC(CCCCN)C(=O)O. The van der Waals surface area contributed by atoms with E-state index in [9.17, 15) is 24.3 Å². The molecule has 3 amide bonds. The predicted molar refractivity (Wildman–Crippen MR) is 116 cm³/mol. The Hall–Kier alpha value is -2.24. The number of likely N-dealkylation sites (tertiary alicyclic amines) is 1. The second kappa shape index (κ2) is 13.9. The Balaban J connectivity index is 2.65. The number of hydrogen-bond donors (Lipinski definition) is 6. The van der Waals surface area contributed by atoms with Crippen LogP contribution in [-0.4, -0.2) is 77.5 Å². The molecule has 1 aliphatic heterocycles. The number of hydrogen-bond acceptors (Lipinski definition) is 7. The van der Waals surface area contributed by atoms with E-state index in [1.165, 1.54) is 4.90 Å². The van der Waals surface area contributed by atoms with Gasteiger partial charge in [0.15, 0.2) is 0 Å². The predicted octanol–water partition coefficient (Wildman–Crippen LogP) is -1.36. The van der Waals surface area contributed by atoms with Crippen LogP contribution in [0.2, 0.25) is 0 Å². The van der Waals surface area contributed by atoms with Crippen molar-refractivity contribution < 1.29 is 24.3 Å². The number of rotatable bonds is 14. The van der Waals surface area contributed by atoms with Crippen molar-refractivity contribution in [2.24, 2.45) is 17.2 Å². The molecule has 4 atom stereocenters. The molecule has 1 heterocycles. The first-order valence-electron chi connectivity index (χ1n) is 11.0. The monoisotopic (exact) mass is 442 g/mol. The smallest absolute Gasteiger partial charge is 0.326 e. The third kappa shape index (κ3) is 8.80. The summed E-state index contributed by atoms with van der Waals surface area (Å²) >= 11 is 0. The van der Waals surface area contributed by atoms with Crippen LogP contribution in [0.3, 0.4) is 0 Å². The molecule has 11 heteroatoms. The third-order valence-corrected chi connectivity index (χ3v) is 5.44. The maximum Gasteiger partial charge on any atom is 0.326 e. The second-order valence-corrected chi connectivity index (χ2v) is 7.99. The zero-order valence-corrected chi connectivity index (χ0v) is 18.3. The summed E-state index contributed by atoms with van der Waals surface area (Å²) in [5.41, 5.74) is 16.7. The highest BCUT2D eigenvalue weighted by molar-refractivity contribution is 5.94. The van der Waals surface area contributed by atoms with Crippen molar-refractivity contribution in [2.45, 2.75) is 82.5 Å². The van der Waals surface area contributed by atoms with Gasteiger partial charge < -0.3 is 37.8 Å². The van der Waals surface area contributed by atoms with Crippen molar-refractivity contribution in [3.8, 4) is 0 Å². The molecule has 4 unspecified atom stereocenters. The largest absolute Gasteiger partial charge is 0.480 e. The molecule has 0 aromatic heterocycles. The molecule has 0 saturated carbocycles. The highest BCUT2D eigenvalue weighted by Gasteiger charge is 2.37. The number of carboxylic acids is 1. The van der Waals surface area contributed by atoms with E-state index < -0.39 is 47.9 Å². The van der Waals surface area contributed by atoms with E-state index in [0.29, 0.717) is 51.7 Å². The minimum Gasteiger partial charge on any atom is -0.480 e. The van der Waals surface area contributed by atoms with Gasteiger partial charge in [0, 0.05) is 6.54 Å². The average Bonchev–Trinajstić information content (AvgIpc) is 3.22. The molecule has 0 spiro atoms. The fraction of sp³-hybridized carbons (Fsp3) is 0.800. The summed E-state index contributed by atoms with van der Waals surface area (Å²) in [6, 6.07) is -3.37. The number of unbranched alkanes of at least 4 members (excludes halogenated alkanes) is 2. The molecule has 11 nitrogen and oxygen atoms in total. The van der Waals surface area contributed by atoms with E-state index in [-0.39, 0.29) is 6.42 Å². The van der Waals surface area contributed by atoms with E-state index >= 15 is 0 Å². The Bertz CT molecular complexity index is 617.